The number of aromatic hydroxyl groups is 1. The van der Waals surface area contributed by atoms with Crippen molar-refractivity contribution in [3.63, 3.8) is 0 Å². The third-order valence-electron chi connectivity index (χ3n) is 3.28. The van der Waals surface area contributed by atoms with E-state index in [2.05, 4.69) is 4.98 Å². The van der Waals surface area contributed by atoms with E-state index in [1.54, 1.807) is 0 Å². The number of rotatable bonds is 3. The Morgan fingerprint density at radius 1 is 1.52 bits per heavy atom. The molecule has 2 atom stereocenters. The second-order valence-electron chi connectivity index (χ2n) is 4.72. The molecule has 0 radical (unpaired) electrons. The normalized spacial score (nSPS) is 21.1. The van der Waals surface area contributed by atoms with E-state index in [4.69, 9.17) is 15.3 Å². The van der Waals surface area contributed by atoms with Crippen molar-refractivity contribution < 1.29 is 24.5 Å². The third kappa shape index (κ3) is 3.10. The number of carboxylic acids is 1. The van der Waals surface area contributed by atoms with Gasteiger partial charge in [-0.1, -0.05) is 0 Å². The van der Waals surface area contributed by atoms with Crippen LogP contribution in [0.4, 0.5) is 0 Å². The first-order valence-electron chi connectivity index (χ1n) is 6.28. The van der Waals surface area contributed by atoms with Crippen LogP contribution in [0.15, 0.2) is 18.5 Å². The van der Waals surface area contributed by atoms with Gasteiger partial charge in [0.25, 0.3) is 0 Å². The highest BCUT2D eigenvalue weighted by molar-refractivity contribution is 5.94. The minimum absolute atomic E-state index is 0.0977. The summed E-state index contributed by atoms with van der Waals surface area (Å²) < 4.78 is 5.38. The molecule has 1 aromatic rings. The summed E-state index contributed by atoms with van der Waals surface area (Å²) in [6.07, 6.45) is 2.09. The summed E-state index contributed by atoms with van der Waals surface area (Å²) in [4.78, 5) is 27.4. The maximum Gasteiger partial charge on any atom is 0.326 e. The second kappa shape index (κ2) is 5.78. The summed E-state index contributed by atoms with van der Waals surface area (Å²) in [5, 5.41) is 26.5. The average molecular weight is 293 g/mol. The summed E-state index contributed by atoms with van der Waals surface area (Å²) in [6, 6.07) is 0.468. The predicted octanol–water partition coefficient (Wildman–Crippen LogP) is 0.203. The number of pyridine rings is 1. The number of aromatic nitrogens is 1. The van der Waals surface area contributed by atoms with Gasteiger partial charge in [0.1, 0.15) is 17.9 Å². The van der Waals surface area contributed by atoms with Crippen molar-refractivity contribution in [1.29, 1.82) is 5.41 Å². The number of carboxylic acid groups (broad SMARTS) is 1. The van der Waals surface area contributed by atoms with E-state index in [0.717, 1.165) is 0 Å². The van der Waals surface area contributed by atoms with Gasteiger partial charge in [-0.05, 0) is 6.07 Å². The smallest absolute Gasteiger partial charge is 0.326 e. The van der Waals surface area contributed by atoms with E-state index in [0.29, 0.717) is 0 Å². The van der Waals surface area contributed by atoms with Crippen LogP contribution in [0.1, 0.15) is 18.9 Å². The highest BCUT2D eigenvalue weighted by atomic mass is 16.5. The Balaban J connectivity index is 2.08. The molecule has 0 aliphatic carbocycles. The number of hydrogen-bond donors (Lipinski definition) is 3. The minimum Gasteiger partial charge on any atom is -0.505 e. The van der Waals surface area contributed by atoms with Crippen molar-refractivity contribution in [3.05, 3.63) is 24.0 Å². The van der Waals surface area contributed by atoms with Crippen molar-refractivity contribution in [2.45, 2.75) is 25.5 Å². The molecule has 1 fully saturated rings. The maximum atomic E-state index is 11.4. The molecule has 8 nitrogen and oxygen atoms in total. The molecular weight excluding hydrogens is 278 g/mol. The van der Waals surface area contributed by atoms with Crippen molar-refractivity contribution in [2.24, 2.45) is 0 Å². The quantitative estimate of drug-likeness (QED) is 0.540. The highest BCUT2D eigenvalue weighted by Gasteiger charge is 2.40. The maximum absolute atomic E-state index is 11.4. The van der Waals surface area contributed by atoms with E-state index in [9.17, 15) is 14.7 Å². The van der Waals surface area contributed by atoms with Gasteiger partial charge in [0, 0.05) is 19.5 Å². The van der Waals surface area contributed by atoms with Crippen LogP contribution in [-0.4, -0.2) is 56.6 Å². The van der Waals surface area contributed by atoms with Crippen LogP contribution < -0.4 is 0 Å². The monoisotopic (exact) mass is 293 g/mol. The van der Waals surface area contributed by atoms with Gasteiger partial charge in [0.2, 0.25) is 11.8 Å². The lowest BCUT2D eigenvalue weighted by molar-refractivity contribution is -0.147. The summed E-state index contributed by atoms with van der Waals surface area (Å²) >= 11 is 0. The zero-order valence-corrected chi connectivity index (χ0v) is 11.3. The average Bonchev–Trinajstić information content (AvgIpc) is 2.83. The Morgan fingerprint density at radius 2 is 2.24 bits per heavy atom. The Morgan fingerprint density at radius 3 is 2.76 bits per heavy atom. The van der Waals surface area contributed by atoms with Gasteiger partial charge in [-0.25, -0.2) is 4.79 Å². The van der Waals surface area contributed by atoms with Crippen molar-refractivity contribution in [3.8, 4) is 5.75 Å². The second-order valence-corrected chi connectivity index (χ2v) is 4.72. The molecule has 8 heteroatoms. The number of carbonyl (C=O) groups excluding carboxylic acids is 1. The fraction of sp³-hybridized carbons (Fsp3) is 0.385. The number of ether oxygens (including phenoxy) is 1. The topological polar surface area (TPSA) is 124 Å². The van der Waals surface area contributed by atoms with Gasteiger partial charge >= 0.3 is 5.97 Å². The molecule has 1 amide bonds. The van der Waals surface area contributed by atoms with E-state index < -0.39 is 18.1 Å². The standard InChI is InChI=1S/C13H15N3O5/c1-7(17)16-6-8(4-10(16)13(19)20)21-12(14)9-2-3-15-5-11(9)18/h2-3,5,8,10,14,18H,4,6H2,1H3,(H,19,20)/t8-,10-/m0/s1. The lowest BCUT2D eigenvalue weighted by atomic mass is 10.2. The van der Waals surface area contributed by atoms with Crippen LogP contribution in [-0.2, 0) is 14.3 Å². The van der Waals surface area contributed by atoms with Gasteiger partial charge in [-0.15, -0.1) is 0 Å². The van der Waals surface area contributed by atoms with E-state index in [-0.39, 0.29) is 36.1 Å². The summed E-state index contributed by atoms with van der Waals surface area (Å²) in [5.74, 6) is -1.94. The number of nitrogens with zero attached hydrogens (tertiary/aromatic N) is 2. The first kappa shape index (κ1) is 14.8. The molecule has 2 heterocycles. The third-order valence-corrected chi connectivity index (χ3v) is 3.28. The zero-order valence-electron chi connectivity index (χ0n) is 11.3. The van der Waals surface area contributed by atoms with E-state index in [1.807, 2.05) is 0 Å². The van der Waals surface area contributed by atoms with Crippen LogP contribution in [0.5, 0.6) is 5.75 Å². The van der Waals surface area contributed by atoms with E-state index in [1.165, 1.54) is 30.3 Å². The summed E-state index contributed by atoms with van der Waals surface area (Å²) in [5.41, 5.74) is 0.165. The molecule has 0 aromatic carbocycles. The molecule has 112 valence electrons. The van der Waals surface area contributed by atoms with Crippen molar-refractivity contribution in [1.82, 2.24) is 9.88 Å². The molecule has 0 bridgehead atoms. The lowest BCUT2D eigenvalue weighted by Gasteiger charge is -2.18. The first-order valence-corrected chi connectivity index (χ1v) is 6.28. The van der Waals surface area contributed by atoms with Crippen LogP contribution >= 0.6 is 0 Å². The first-order chi connectivity index (χ1) is 9.90. The van der Waals surface area contributed by atoms with Gasteiger partial charge in [-0.2, -0.15) is 0 Å². The number of likely N-dealkylation sites (tertiary alicyclic amines) is 1. The molecule has 1 aromatic heterocycles. The number of aliphatic carboxylic acids is 1. The summed E-state index contributed by atoms with van der Waals surface area (Å²) in [7, 11) is 0. The molecule has 1 saturated heterocycles. The van der Waals surface area contributed by atoms with Crippen LogP contribution in [0, 0.1) is 5.41 Å². The molecule has 2 rings (SSSR count). The highest BCUT2D eigenvalue weighted by Crippen LogP contribution is 2.23. The summed E-state index contributed by atoms with van der Waals surface area (Å²) in [6.45, 7) is 1.39. The Labute approximate surface area is 120 Å². The van der Waals surface area contributed by atoms with E-state index >= 15 is 0 Å². The zero-order chi connectivity index (χ0) is 15.6. The SMILES string of the molecule is CC(=O)N1C[C@@H](OC(=N)c2ccncc2O)C[C@H]1C(=O)O. The Hall–Kier alpha value is -2.64. The molecular formula is C13H15N3O5. The molecule has 0 spiro atoms. The number of hydrogen-bond acceptors (Lipinski definition) is 6. The van der Waals surface area contributed by atoms with Crippen molar-refractivity contribution >= 4 is 17.8 Å². The largest absolute Gasteiger partial charge is 0.505 e. The number of amides is 1. The number of carbonyl (C=O) groups is 2. The van der Waals surface area contributed by atoms with Crippen LogP contribution in [0.3, 0.4) is 0 Å². The van der Waals surface area contributed by atoms with Crippen LogP contribution in [0.2, 0.25) is 0 Å². The van der Waals surface area contributed by atoms with Gasteiger partial charge in [0.15, 0.2) is 0 Å². The number of nitrogens with one attached hydrogen (secondary N) is 1. The predicted molar refractivity (Wildman–Crippen MR) is 71.0 cm³/mol. The molecule has 3 N–H and O–H groups in total. The fourth-order valence-electron chi connectivity index (χ4n) is 2.27. The van der Waals surface area contributed by atoms with Gasteiger partial charge in [-0.3, -0.25) is 15.2 Å². The molecule has 0 unspecified atom stereocenters. The van der Waals surface area contributed by atoms with Crippen molar-refractivity contribution in [2.75, 3.05) is 6.54 Å². The Kier molecular flexibility index (Phi) is 4.06. The van der Waals surface area contributed by atoms with Gasteiger partial charge < -0.3 is 19.8 Å². The lowest BCUT2D eigenvalue weighted by Crippen LogP contribution is -2.39. The minimum atomic E-state index is -1.10. The van der Waals surface area contributed by atoms with Gasteiger partial charge in [0.05, 0.1) is 18.3 Å². The molecule has 1 aliphatic heterocycles. The molecule has 21 heavy (non-hydrogen) atoms. The Bertz CT molecular complexity index is 567. The molecule has 0 saturated carbocycles. The van der Waals surface area contributed by atoms with Crippen LogP contribution in [0.25, 0.3) is 0 Å². The molecule has 1 aliphatic rings. The fourth-order valence-corrected chi connectivity index (χ4v) is 2.27.